The van der Waals surface area contributed by atoms with Gasteiger partial charge in [0.15, 0.2) is 0 Å². The first-order chi connectivity index (χ1) is 10.4. The SMILES string of the molecule is Cc1ccc(C(=O)NN=Cc2ccc(C(C)(C)C)cc2)cn1. The van der Waals surface area contributed by atoms with E-state index in [0.29, 0.717) is 5.56 Å². The molecule has 0 saturated carbocycles. The number of carbonyl (C=O) groups is 1. The van der Waals surface area contributed by atoms with E-state index in [1.54, 1.807) is 18.3 Å². The molecule has 0 aliphatic heterocycles. The third-order valence-electron chi connectivity index (χ3n) is 3.33. The van der Waals surface area contributed by atoms with E-state index < -0.39 is 0 Å². The van der Waals surface area contributed by atoms with Crippen LogP contribution in [0.5, 0.6) is 0 Å². The molecule has 0 unspecified atom stereocenters. The van der Waals surface area contributed by atoms with Gasteiger partial charge in [-0.3, -0.25) is 9.78 Å². The average molecular weight is 295 g/mol. The molecule has 22 heavy (non-hydrogen) atoms. The Balaban J connectivity index is 1.97. The number of pyridine rings is 1. The highest BCUT2D eigenvalue weighted by Gasteiger charge is 2.12. The maximum atomic E-state index is 11.9. The van der Waals surface area contributed by atoms with E-state index in [1.807, 2.05) is 19.1 Å². The summed E-state index contributed by atoms with van der Waals surface area (Å²) in [5, 5.41) is 3.98. The lowest BCUT2D eigenvalue weighted by Crippen LogP contribution is -2.17. The lowest BCUT2D eigenvalue weighted by molar-refractivity contribution is 0.0955. The minimum Gasteiger partial charge on any atom is -0.267 e. The molecule has 0 fully saturated rings. The van der Waals surface area contributed by atoms with Crippen molar-refractivity contribution < 1.29 is 4.79 Å². The molecule has 1 aromatic carbocycles. The van der Waals surface area contributed by atoms with Crippen molar-refractivity contribution in [3.8, 4) is 0 Å². The molecule has 1 amide bonds. The van der Waals surface area contributed by atoms with E-state index in [-0.39, 0.29) is 11.3 Å². The molecule has 2 aromatic rings. The second kappa shape index (κ2) is 6.52. The number of hydrogen-bond acceptors (Lipinski definition) is 3. The number of hydrogen-bond donors (Lipinski definition) is 1. The molecule has 1 aromatic heterocycles. The summed E-state index contributed by atoms with van der Waals surface area (Å²) in [6.45, 7) is 8.39. The Hall–Kier alpha value is -2.49. The van der Waals surface area contributed by atoms with Crippen LogP contribution in [0, 0.1) is 6.92 Å². The Morgan fingerprint density at radius 2 is 1.82 bits per heavy atom. The summed E-state index contributed by atoms with van der Waals surface area (Å²) in [6, 6.07) is 11.7. The molecule has 1 heterocycles. The average Bonchev–Trinajstić information content (AvgIpc) is 2.47. The minimum absolute atomic E-state index is 0.127. The van der Waals surface area contributed by atoms with Gasteiger partial charge in [0, 0.05) is 11.9 Å². The zero-order valence-electron chi connectivity index (χ0n) is 13.4. The van der Waals surface area contributed by atoms with Crippen molar-refractivity contribution >= 4 is 12.1 Å². The number of aryl methyl sites for hydroxylation is 1. The lowest BCUT2D eigenvalue weighted by atomic mass is 9.87. The lowest BCUT2D eigenvalue weighted by Gasteiger charge is -2.18. The molecule has 1 N–H and O–H groups in total. The molecule has 2 rings (SSSR count). The molecule has 0 radical (unpaired) electrons. The molecule has 114 valence electrons. The molecule has 0 bridgehead atoms. The van der Waals surface area contributed by atoms with Crippen LogP contribution in [0.2, 0.25) is 0 Å². The van der Waals surface area contributed by atoms with Crippen LogP contribution in [-0.4, -0.2) is 17.1 Å². The van der Waals surface area contributed by atoms with E-state index in [9.17, 15) is 4.79 Å². The number of benzene rings is 1. The highest BCUT2D eigenvalue weighted by atomic mass is 16.2. The number of amides is 1. The standard InChI is InChI=1S/C18H21N3O/c1-13-5-8-15(12-19-13)17(22)21-20-11-14-6-9-16(10-7-14)18(2,3)4/h5-12H,1-4H3,(H,21,22). The summed E-state index contributed by atoms with van der Waals surface area (Å²) in [7, 11) is 0. The second-order valence-electron chi connectivity index (χ2n) is 6.26. The molecule has 0 atom stereocenters. The van der Waals surface area contributed by atoms with Gasteiger partial charge in [0.1, 0.15) is 0 Å². The highest BCUT2D eigenvalue weighted by molar-refractivity contribution is 5.94. The summed E-state index contributed by atoms with van der Waals surface area (Å²) < 4.78 is 0. The quantitative estimate of drug-likeness (QED) is 0.696. The van der Waals surface area contributed by atoms with E-state index in [2.05, 4.69) is 48.4 Å². The van der Waals surface area contributed by atoms with Crippen LogP contribution in [-0.2, 0) is 5.41 Å². The normalized spacial score (nSPS) is 11.6. The summed E-state index contributed by atoms with van der Waals surface area (Å²) in [4.78, 5) is 16.0. The minimum atomic E-state index is -0.268. The van der Waals surface area contributed by atoms with Gasteiger partial charge in [-0.15, -0.1) is 0 Å². The van der Waals surface area contributed by atoms with E-state index >= 15 is 0 Å². The van der Waals surface area contributed by atoms with Crippen LogP contribution < -0.4 is 5.43 Å². The van der Waals surface area contributed by atoms with Crippen LogP contribution in [0.15, 0.2) is 47.7 Å². The fourth-order valence-corrected chi connectivity index (χ4v) is 1.90. The Morgan fingerprint density at radius 3 is 2.36 bits per heavy atom. The summed E-state index contributed by atoms with van der Waals surface area (Å²) in [5.41, 5.74) is 6.20. The molecule has 0 aliphatic rings. The maximum absolute atomic E-state index is 11.9. The fraction of sp³-hybridized carbons (Fsp3) is 0.278. The van der Waals surface area contributed by atoms with Crippen LogP contribution in [0.1, 0.15) is 48.0 Å². The Bertz CT molecular complexity index is 665. The van der Waals surface area contributed by atoms with Gasteiger partial charge >= 0.3 is 0 Å². The Labute approximate surface area is 131 Å². The van der Waals surface area contributed by atoms with Gasteiger partial charge in [-0.1, -0.05) is 45.0 Å². The first kappa shape index (κ1) is 15.9. The van der Waals surface area contributed by atoms with Crippen molar-refractivity contribution in [2.45, 2.75) is 33.1 Å². The number of aromatic nitrogens is 1. The zero-order chi connectivity index (χ0) is 16.2. The van der Waals surface area contributed by atoms with Gasteiger partial charge in [0.2, 0.25) is 0 Å². The van der Waals surface area contributed by atoms with Crippen molar-refractivity contribution in [1.82, 2.24) is 10.4 Å². The van der Waals surface area contributed by atoms with Gasteiger partial charge in [-0.2, -0.15) is 5.10 Å². The summed E-state index contributed by atoms with van der Waals surface area (Å²) >= 11 is 0. The molecule has 0 saturated heterocycles. The predicted octanol–water partition coefficient (Wildman–Crippen LogP) is 3.45. The van der Waals surface area contributed by atoms with Gasteiger partial charge in [0.25, 0.3) is 5.91 Å². The van der Waals surface area contributed by atoms with Gasteiger partial charge in [-0.25, -0.2) is 5.43 Å². The van der Waals surface area contributed by atoms with Crippen molar-refractivity contribution in [1.29, 1.82) is 0 Å². The van der Waals surface area contributed by atoms with Crippen LogP contribution in [0.25, 0.3) is 0 Å². The first-order valence-electron chi connectivity index (χ1n) is 7.23. The number of hydrazone groups is 1. The number of carbonyl (C=O) groups excluding carboxylic acids is 1. The molecule has 0 aliphatic carbocycles. The number of nitrogens with zero attached hydrogens (tertiary/aromatic N) is 2. The van der Waals surface area contributed by atoms with Gasteiger partial charge in [-0.05, 0) is 35.6 Å². The summed E-state index contributed by atoms with van der Waals surface area (Å²) in [5.74, 6) is -0.268. The smallest absolute Gasteiger partial charge is 0.267 e. The molecule has 0 spiro atoms. The Morgan fingerprint density at radius 1 is 1.14 bits per heavy atom. The van der Waals surface area contributed by atoms with Gasteiger partial charge < -0.3 is 0 Å². The molecule has 4 nitrogen and oxygen atoms in total. The van der Waals surface area contributed by atoms with E-state index in [4.69, 9.17) is 0 Å². The Kier molecular flexibility index (Phi) is 4.71. The van der Waals surface area contributed by atoms with Crippen LogP contribution in [0.3, 0.4) is 0 Å². The van der Waals surface area contributed by atoms with Crippen LogP contribution >= 0.6 is 0 Å². The zero-order valence-corrected chi connectivity index (χ0v) is 13.4. The summed E-state index contributed by atoms with van der Waals surface area (Å²) in [6.07, 6.45) is 3.17. The topological polar surface area (TPSA) is 54.4 Å². The van der Waals surface area contributed by atoms with Gasteiger partial charge in [0.05, 0.1) is 11.8 Å². The molecular weight excluding hydrogens is 274 g/mol. The van der Waals surface area contributed by atoms with Crippen molar-refractivity contribution in [2.24, 2.45) is 5.10 Å². The first-order valence-corrected chi connectivity index (χ1v) is 7.23. The van der Waals surface area contributed by atoms with Crippen molar-refractivity contribution in [3.63, 3.8) is 0 Å². The van der Waals surface area contributed by atoms with E-state index in [0.717, 1.165) is 11.3 Å². The molecular formula is C18H21N3O. The second-order valence-corrected chi connectivity index (χ2v) is 6.26. The third kappa shape index (κ3) is 4.25. The number of nitrogens with one attached hydrogen (secondary N) is 1. The third-order valence-corrected chi connectivity index (χ3v) is 3.33. The maximum Gasteiger partial charge on any atom is 0.272 e. The fourth-order valence-electron chi connectivity index (χ4n) is 1.90. The monoisotopic (exact) mass is 295 g/mol. The largest absolute Gasteiger partial charge is 0.272 e. The predicted molar refractivity (Wildman–Crippen MR) is 89.2 cm³/mol. The number of rotatable bonds is 3. The van der Waals surface area contributed by atoms with Crippen LogP contribution in [0.4, 0.5) is 0 Å². The van der Waals surface area contributed by atoms with Crippen molar-refractivity contribution in [2.75, 3.05) is 0 Å². The van der Waals surface area contributed by atoms with Crippen molar-refractivity contribution in [3.05, 3.63) is 65.0 Å². The highest BCUT2D eigenvalue weighted by Crippen LogP contribution is 2.21. The van der Waals surface area contributed by atoms with E-state index in [1.165, 1.54) is 11.8 Å². The molecule has 4 heteroatoms.